The maximum atomic E-state index is 15.0. The first-order valence-corrected chi connectivity index (χ1v) is 18.2. The van der Waals surface area contributed by atoms with Gasteiger partial charge < -0.3 is 19.8 Å². The number of aryl methyl sites for hydroxylation is 1. The number of halogens is 2. The third kappa shape index (κ3) is 6.45. The van der Waals surface area contributed by atoms with E-state index in [2.05, 4.69) is 29.1 Å². The van der Waals surface area contributed by atoms with E-state index in [9.17, 15) is 19.5 Å². The van der Waals surface area contributed by atoms with Crippen LogP contribution in [0, 0.1) is 18.8 Å². The fourth-order valence-corrected chi connectivity index (χ4v) is 11.5. The van der Waals surface area contributed by atoms with E-state index in [1.807, 2.05) is 49.4 Å². The predicted molar refractivity (Wildman–Crippen MR) is 190 cm³/mol. The Hall–Kier alpha value is -2.59. The van der Waals surface area contributed by atoms with E-state index in [1.54, 1.807) is 44.7 Å². The second kappa shape index (κ2) is 15.1. The summed E-state index contributed by atoms with van der Waals surface area (Å²) in [6.07, 6.45) is 7.07. The third-order valence-electron chi connectivity index (χ3n) is 9.53. The minimum Gasteiger partial charge on any atom is -0.396 e. The minimum atomic E-state index is -0.778. The van der Waals surface area contributed by atoms with Crippen molar-refractivity contribution < 1.29 is 19.5 Å². The van der Waals surface area contributed by atoms with Crippen molar-refractivity contribution in [3.05, 3.63) is 90.0 Å². The number of aliphatic hydroxyl groups is 1. The topological polar surface area (TPSA) is 81.2 Å². The van der Waals surface area contributed by atoms with Gasteiger partial charge >= 0.3 is 0 Å². The second-order valence-electron chi connectivity index (χ2n) is 12.5. The van der Waals surface area contributed by atoms with Gasteiger partial charge in [0.25, 0.3) is 5.91 Å². The molecule has 246 valence electrons. The van der Waals surface area contributed by atoms with Gasteiger partial charge in [0, 0.05) is 42.9 Å². The zero-order chi connectivity index (χ0) is 33.0. The molecule has 3 saturated heterocycles. The number of para-hydroxylation sites is 1. The van der Waals surface area contributed by atoms with E-state index in [1.165, 1.54) is 0 Å². The molecule has 3 fully saturated rings. The molecule has 0 saturated carbocycles. The molecule has 0 aromatic heterocycles. The van der Waals surface area contributed by atoms with E-state index >= 15 is 0 Å². The van der Waals surface area contributed by atoms with Gasteiger partial charge in [-0.05, 0) is 43.4 Å². The number of rotatable bonds is 15. The molecular formula is C36H43BrClN3O4S. The molecule has 1 spiro atoms. The lowest BCUT2D eigenvalue weighted by molar-refractivity contribution is -0.144. The van der Waals surface area contributed by atoms with Crippen molar-refractivity contribution >= 4 is 62.7 Å². The minimum absolute atomic E-state index is 0.0347. The van der Waals surface area contributed by atoms with Gasteiger partial charge in [0.15, 0.2) is 0 Å². The van der Waals surface area contributed by atoms with Gasteiger partial charge in [-0.3, -0.25) is 14.4 Å². The Balaban J connectivity index is 1.55. The molecule has 46 heavy (non-hydrogen) atoms. The first kappa shape index (κ1) is 34.7. The van der Waals surface area contributed by atoms with Crippen LogP contribution in [0.2, 0.25) is 5.02 Å². The lowest BCUT2D eigenvalue weighted by Crippen LogP contribution is -2.56. The number of amides is 3. The summed E-state index contributed by atoms with van der Waals surface area (Å²) in [6, 6.07) is 14.6. The van der Waals surface area contributed by atoms with Crippen LogP contribution in [0.5, 0.6) is 0 Å². The van der Waals surface area contributed by atoms with Gasteiger partial charge in [-0.2, -0.15) is 0 Å². The number of carbonyl (C=O) groups is 3. The van der Waals surface area contributed by atoms with E-state index in [0.29, 0.717) is 49.6 Å². The number of benzene rings is 2. The maximum Gasteiger partial charge on any atom is 0.251 e. The largest absolute Gasteiger partial charge is 0.396 e. The lowest BCUT2D eigenvalue weighted by atomic mass is 9.70. The zero-order valence-corrected chi connectivity index (χ0v) is 29.5. The number of alkyl halides is 1. The highest BCUT2D eigenvalue weighted by molar-refractivity contribution is 9.09. The molecular weight excluding hydrogens is 686 g/mol. The summed E-state index contributed by atoms with van der Waals surface area (Å²) in [5.74, 6) is -1.61. The van der Waals surface area contributed by atoms with E-state index in [-0.39, 0.29) is 41.0 Å². The van der Waals surface area contributed by atoms with Gasteiger partial charge in [-0.25, -0.2) is 0 Å². The number of hydrogen-bond acceptors (Lipinski definition) is 5. The Morgan fingerprint density at radius 3 is 2.46 bits per heavy atom. The number of nitrogens with zero attached hydrogens (tertiary/aromatic N) is 3. The Morgan fingerprint density at radius 1 is 1.07 bits per heavy atom. The standard InChI is InChI=1S/C36H43BrClN3O4S/c1-4-18-39(23-25-15-9-8-10-16-25)33(43)28-29-34(44)41(20-11-6-7-12-21-42)32(36(29)22-26(37)31(28)46-36)35(45)40(19-5-2)30-24(3)14-13-17-27(30)38/h4-5,8-10,13-17,26,28-29,31-32,42H,1-2,6-7,11-12,18-23H2,3H3/t26?,28-,29+,31-,32?,36?/m1/s1. The van der Waals surface area contributed by atoms with Crippen LogP contribution in [0.3, 0.4) is 0 Å². The van der Waals surface area contributed by atoms with Crippen molar-refractivity contribution in [2.75, 3.05) is 31.1 Å². The van der Waals surface area contributed by atoms with Crippen molar-refractivity contribution in [3.8, 4) is 0 Å². The van der Waals surface area contributed by atoms with Crippen molar-refractivity contribution in [2.24, 2.45) is 11.8 Å². The molecule has 6 atom stereocenters. The highest BCUT2D eigenvalue weighted by Gasteiger charge is 2.76. The van der Waals surface area contributed by atoms with Crippen molar-refractivity contribution in [1.29, 1.82) is 0 Å². The van der Waals surface area contributed by atoms with Gasteiger partial charge in [-0.1, -0.05) is 95.0 Å². The molecule has 7 nitrogen and oxygen atoms in total. The fraction of sp³-hybridized carbons (Fsp3) is 0.472. The van der Waals surface area contributed by atoms with Crippen LogP contribution in [0.25, 0.3) is 0 Å². The Morgan fingerprint density at radius 2 is 1.78 bits per heavy atom. The molecule has 0 aliphatic carbocycles. The van der Waals surface area contributed by atoms with Crippen molar-refractivity contribution in [3.63, 3.8) is 0 Å². The first-order chi connectivity index (χ1) is 22.2. The van der Waals surface area contributed by atoms with Crippen molar-refractivity contribution in [2.45, 2.75) is 66.4 Å². The lowest BCUT2D eigenvalue weighted by Gasteiger charge is -2.39. The Bertz CT molecular complexity index is 1440. The quantitative estimate of drug-likeness (QED) is 0.131. The number of hydrogen-bond donors (Lipinski definition) is 1. The number of fused-ring (bicyclic) bond motifs is 1. The highest BCUT2D eigenvalue weighted by Crippen LogP contribution is 2.68. The fourth-order valence-electron chi connectivity index (χ4n) is 7.62. The molecule has 3 aliphatic heterocycles. The van der Waals surface area contributed by atoms with Gasteiger partial charge in [0.05, 0.1) is 27.3 Å². The maximum absolute atomic E-state index is 15.0. The first-order valence-electron chi connectivity index (χ1n) is 16.0. The average Bonchev–Trinajstić information content (AvgIpc) is 3.63. The summed E-state index contributed by atoms with van der Waals surface area (Å²) in [7, 11) is 0. The van der Waals surface area contributed by atoms with Crippen LogP contribution in [0.4, 0.5) is 5.69 Å². The molecule has 3 heterocycles. The molecule has 3 aliphatic rings. The molecule has 3 amide bonds. The Labute approximate surface area is 290 Å². The molecule has 1 N–H and O–H groups in total. The summed E-state index contributed by atoms with van der Waals surface area (Å²) in [4.78, 5) is 49.4. The summed E-state index contributed by atoms with van der Waals surface area (Å²) >= 11 is 12.3. The highest BCUT2D eigenvalue weighted by atomic mass is 79.9. The smallest absolute Gasteiger partial charge is 0.251 e. The van der Waals surface area contributed by atoms with E-state index in [4.69, 9.17) is 11.6 Å². The Kier molecular flexibility index (Phi) is 11.4. The number of thioether (sulfide) groups is 1. The van der Waals surface area contributed by atoms with Gasteiger partial charge in [-0.15, -0.1) is 24.9 Å². The van der Waals surface area contributed by atoms with Gasteiger partial charge in [0.2, 0.25) is 11.8 Å². The number of unbranched alkanes of at least 4 members (excludes halogenated alkanes) is 3. The summed E-state index contributed by atoms with van der Waals surface area (Å²) in [5.41, 5.74) is 2.47. The van der Waals surface area contributed by atoms with Crippen LogP contribution in [0.15, 0.2) is 73.8 Å². The van der Waals surface area contributed by atoms with E-state index in [0.717, 1.165) is 24.0 Å². The van der Waals surface area contributed by atoms with Crippen LogP contribution in [-0.4, -0.2) is 79.7 Å². The van der Waals surface area contributed by atoms with Crippen LogP contribution in [0.1, 0.15) is 43.2 Å². The zero-order valence-electron chi connectivity index (χ0n) is 26.3. The normalized spacial score (nSPS) is 26.2. The monoisotopic (exact) mass is 727 g/mol. The number of carbonyl (C=O) groups excluding carboxylic acids is 3. The summed E-state index contributed by atoms with van der Waals surface area (Å²) < 4.78 is -0.778. The molecule has 10 heteroatoms. The average molecular weight is 729 g/mol. The van der Waals surface area contributed by atoms with Crippen LogP contribution >= 0.6 is 39.3 Å². The third-order valence-corrected chi connectivity index (χ3v) is 13.1. The van der Waals surface area contributed by atoms with E-state index < -0.39 is 22.6 Å². The SMILES string of the molecule is C=CCN(Cc1ccccc1)C(=O)[C@H]1[C@@H]2SC3(CC2Br)C(C(=O)N(CC=C)c2c(C)cccc2Cl)N(CCCCCCO)C(=O)[C@H]13. The molecule has 0 radical (unpaired) electrons. The summed E-state index contributed by atoms with van der Waals surface area (Å²) in [5, 5.41) is 9.58. The van der Waals surface area contributed by atoms with Crippen molar-refractivity contribution in [1.82, 2.24) is 9.80 Å². The molecule has 2 aromatic rings. The second-order valence-corrected chi connectivity index (χ2v) is 15.6. The number of anilines is 1. The number of likely N-dealkylation sites (tertiary alicyclic amines) is 1. The van der Waals surface area contributed by atoms with Crippen LogP contribution < -0.4 is 4.90 Å². The predicted octanol–water partition coefficient (Wildman–Crippen LogP) is 6.40. The summed E-state index contributed by atoms with van der Waals surface area (Å²) in [6.45, 7) is 11.3. The molecule has 3 unspecified atom stereocenters. The van der Waals surface area contributed by atoms with Crippen LogP contribution in [-0.2, 0) is 20.9 Å². The van der Waals surface area contributed by atoms with Gasteiger partial charge in [0.1, 0.15) is 6.04 Å². The number of aliphatic hydroxyl groups excluding tert-OH is 1. The molecule has 5 rings (SSSR count). The molecule has 2 aromatic carbocycles. The molecule has 2 bridgehead atoms.